The van der Waals surface area contributed by atoms with Gasteiger partial charge in [-0.25, -0.2) is 0 Å². The molecule has 0 unspecified atom stereocenters. The third-order valence-corrected chi connectivity index (χ3v) is 9.61. The zero-order valence-corrected chi connectivity index (χ0v) is 22.7. The van der Waals surface area contributed by atoms with Crippen LogP contribution in [-0.2, 0) is 6.42 Å². The Bertz CT molecular complexity index is 922. The maximum Gasteiger partial charge on any atom is 0.0695 e. The molecule has 3 fully saturated rings. The van der Waals surface area contributed by atoms with Crippen molar-refractivity contribution in [3.8, 4) is 0 Å². The number of likely N-dealkylation sites (tertiary alicyclic amines) is 2. The summed E-state index contributed by atoms with van der Waals surface area (Å²) in [5.41, 5.74) is 2.31. The first-order valence-corrected chi connectivity index (χ1v) is 15.0. The molecule has 0 radical (unpaired) electrons. The van der Waals surface area contributed by atoms with Gasteiger partial charge < -0.3 is 15.1 Å². The summed E-state index contributed by atoms with van der Waals surface area (Å²) in [5.74, 6) is 1.58. The number of aliphatic hydroxyl groups is 2. The summed E-state index contributed by atoms with van der Waals surface area (Å²) >= 11 is 0. The average molecular weight is 505 g/mol. The van der Waals surface area contributed by atoms with E-state index < -0.39 is 5.60 Å². The molecule has 2 N–H and O–H groups in total. The van der Waals surface area contributed by atoms with E-state index in [-0.39, 0.29) is 6.10 Å². The van der Waals surface area contributed by atoms with Crippen molar-refractivity contribution in [1.29, 1.82) is 0 Å². The van der Waals surface area contributed by atoms with E-state index in [1.54, 1.807) is 0 Å². The third-order valence-electron chi connectivity index (χ3n) is 9.61. The Balaban J connectivity index is 1.13. The molecule has 37 heavy (non-hydrogen) atoms. The normalized spacial score (nSPS) is 26.3. The quantitative estimate of drug-likeness (QED) is 0.449. The Labute approximate surface area is 224 Å². The van der Waals surface area contributed by atoms with E-state index in [1.807, 2.05) is 0 Å². The van der Waals surface area contributed by atoms with Crippen LogP contribution < -0.4 is 0 Å². The predicted octanol–water partition coefficient (Wildman–Crippen LogP) is 5.49. The van der Waals surface area contributed by atoms with Crippen LogP contribution in [0.2, 0.25) is 0 Å². The number of rotatable bonds is 10. The second-order valence-corrected chi connectivity index (χ2v) is 12.3. The summed E-state index contributed by atoms with van der Waals surface area (Å²) in [6.45, 7) is 6.02. The highest BCUT2D eigenvalue weighted by Crippen LogP contribution is 2.36. The van der Waals surface area contributed by atoms with Crippen LogP contribution in [0.15, 0.2) is 60.7 Å². The molecule has 0 aromatic heterocycles. The van der Waals surface area contributed by atoms with Crippen molar-refractivity contribution in [1.82, 2.24) is 9.80 Å². The van der Waals surface area contributed by atoms with Crippen molar-refractivity contribution < 1.29 is 10.2 Å². The third kappa shape index (κ3) is 7.44. The lowest BCUT2D eigenvalue weighted by Gasteiger charge is -2.40. The topological polar surface area (TPSA) is 46.9 Å². The monoisotopic (exact) mass is 504 g/mol. The Hall–Kier alpha value is -1.72. The van der Waals surface area contributed by atoms with Gasteiger partial charge in [-0.15, -0.1) is 0 Å². The fourth-order valence-corrected chi connectivity index (χ4v) is 7.30. The highest BCUT2D eigenvalue weighted by atomic mass is 16.3. The molecule has 2 aromatic carbocycles. The number of nitrogens with zero attached hydrogens (tertiary/aromatic N) is 2. The summed E-state index contributed by atoms with van der Waals surface area (Å²) in [4.78, 5) is 5.15. The Morgan fingerprint density at radius 1 is 0.838 bits per heavy atom. The molecule has 0 spiro atoms. The van der Waals surface area contributed by atoms with Gasteiger partial charge in [-0.2, -0.15) is 0 Å². The SMILES string of the molecule is O[C@@H](CN1C[C@H](CN2CCC(O)(CCCc3ccccc3)CC2)[C@@H](c2ccccc2)C1)C1CCCCC1. The Kier molecular flexibility index (Phi) is 9.36. The molecule has 5 rings (SSSR count). The predicted molar refractivity (Wildman–Crippen MR) is 152 cm³/mol. The van der Waals surface area contributed by atoms with Gasteiger partial charge in [-0.3, -0.25) is 4.90 Å². The minimum atomic E-state index is -0.504. The minimum Gasteiger partial charge on any atom is -0.392 e. The van der Waals surface area contributed by atoms with Crippen molar-refractivity contribution in [2.75, 3.05) is 39.3 Å². The number of piperidine rings is 1. The van der Waals surface area contributed by atoms with Gasteiger partial charge in [0.1, 0.15) is 0 Å². The van der Waals surface area contributed by atoms with E-state index in [4.69, 9.17) is 0 Å². The van der Waals surface area contributed by atoms with E-state index >= 15 is 0 Å². The zero-order chi connectivity index (χ0) is 25.5. The molecule has 2 saturated heterocycles. The lowest BCUT2D eigenvalue weighted by molar-refractivity contribution is -0.0317. The van der Waals surface area contributed by atoms with Crippen LogP contribution in [0, 0.1) is 11.8 Å². The summed E-state index contributed by atoms with van der Waals surface area (Å²) in [7, 11) is 0. The summed E-state index contributed by atoms with van der Waals surface area (Å²) < 4.78 is 0. The first kappa shape index (κ1) is 26.9. The summed E-state index contributed by atoms with van der Waals surface area (Å²) in [6, 6.07) is 21.7. The van der Waals surface area contributed by atoms with E-state index in [9.17, 15) is 10.2 Å². The van der Waals surface area contributed by atoms with Crippen LogP contribution in [-0.4, -0.2) is 71.0 Å². The molecule has 2 heterocycles. The Morgan fingerprint density at radius 3 is 2.22 bits per heavy atom. The zero-order valence-electron chi connectivity index (χ0n) is 22.7. The van der Waals surface area contributed by atoms with Gasteiger partial charge in [0.2, 0.25) is 0 Å². The number of hydrogen-bond acceptors (Lipinski definition) is 4. The first-order valence-electron chi connectivity index (χ1n) is 15.0. The molecule has 0 bridgehead atoms. The summed E-state index contributed by atoms with van der Waals surface area (Å²) in [5, 5.41) is 22.3. The van der Waals surface area contributed by atoms with Crippen molar-refractivity contribution in [2.45, 2.75) is 81.8 Å². The molecule has 3 atom stereocenters. The highest BCUT2D eigenvalue weighted by Gasteiger charge is 2.38. The average Bonchev–Trinajstić information content (AvgIpc) is 3.33. The maximum atomic E-state index is 11.3. The molecule has 3 aliphatic rings. The molecule has 202 valence electrons. The van der Waals surface area contributed by atoms with Crippen LogP contribution in [0.3, 0.4) is 0 Å². The van der Waals surface area contributed by atoms with Gasteiger partial charge in [0.25, 0.3) is 0 Å². The van der Waals surface area contributed by atoms with Crippen molar-refractivity contribution in [3.05, 3.63) is 71.8 Å². The smallest absolute Gasteiger partial charge is 0.0695 e. The summed E-state index contributed by atoms with van der Waals surface area (Å²) in [6.07, 6.45) is 10.9. The van der Waals surface area contributed by atoms with Crippen LogP contribution >= 0.6 is 0 Å². The van der Waals surface area contributed by atoms with E-state index in [0.29, 0.717) is 17.8 Å². The molecule has 4 nitrogen and oxygen atoms in total. The fourth-order valence-electron chi connectivity index (χ4n) is 7.30. The van der Waals surface area contributed by atoms with Crippen LogP contribution in [0.4, 0.5) is 0 Å². The largest absolute Gasteiger partial charge is 0.392 e. The standard InChI is InChI=1S/C33H48N2O2/c36-32(29-16-8-3-9-17-29)26-35-24-30(31(25-35)28-14-6-2-7-15-28)23-34-21-19-33(37,20-22-34)18-10-13-27-11-4-1-5-12-27/h1-2,4-7,11-12,14-15,29-32,36-37H,3,8-10,13,16-26H2/t30-,31+,32-/m0/s1. The van der Waals surface area contributed by atoms with Crippen LogP contribution in [0.1, 0.15) is 74.8 Å². The molecular formula is C33H48N2O2. The number of aliphatic hydroxyl groups excluding tert-OH is 1. The Morgan fingerprint density at radius 2 is 1.51 bits per heavy atom. The van der Waals surface area contributed by atoms with Gasteiger partial charge in [0.15, 0.2) is 0 Å². The van der Waals surface area contributed by atoms with Crippen LogP contribution in [0.25, 0.3) is 0 Å². The second-order valence-electron chi connectivity index (χ2n) is 12.3. The van der Waals surface area contributed by atoms with Crippen molar-refractivity contribution >= 4 is 0 Å². The van der Waals surface area contributed by atoms with Crippen molar-refractivity contribution in [2.24, 2.45) is 11.8 Å². The van der Waals surface area contributed by atoms with E-state index in [1.165, 1.54) is 43.2 Å². The lowest BCUT2D eigenvalue weighted by Crippen LogP contribution is -2.46. The number of aryl methyl sites for hydroxylation is 1. The van der Waals surface area contributed by atoms with Gasteiger partial charge in [-0.1, -0.05) is 79.9 Å². The highest BCUT2D eigenvalue weighted by molar-refractivity contribution is 5.23. The van der Waals surface area contributed by atoms with Gasteiger partial charge >= 0.3 is 0 Å². The van der Waals surface area contributed by atoms with E-state index in [2.05, 4.69) is 70.5 Å². The molecule has 2 aliphatic heterocycles. The molecule has 2 aromatic rings. The first-order chi connectivity index (χ1) is 18.1. The fraction of sp³-hybridized carbons (Fsp3) is 0.636. The number of hydrogen-bond donors (Lipinski definition) is 2. The van der Waals surface area contributed by atoms with Crippen LogP contribution in [0.5, 0.6) is 0 Å². The van der Waals surface area contributed by atoms with E-state index in [0.717, 1.165) is 71.4 Å². The van der Waals surface area contributed by atoms with Gasteiger partial charge in [0, 0.05) is 45.2 Å². The number of β-amino-alcohol motifs (C(OH)–C–C–N with tert-alkyl or cyclic N) is 1. The number of benzene rings is 2. The molecule has 1 saturated carbocycles. The maximum absolute atomic E-state index is 11.3. The molecule has 4 heteroatoms. The van der Waals surface area contributed by atoms with Gasteiger partial charge in [0.05, 0.1) is 11.7 Å². The van der Waals surface area contributed by atoms with Crippen molar-refractivity contribution in [3.63, 3.8) is 0 Å². The van der Waals surface area contributed by atoms with Gasteiger partial charge in [-0.05, 0) is 67.9 Å². The molecular weight excluding hydrogens is 456 g/mol. The second kappa shape index (κ2) is 12.9. The lowest BCUT2D eigenvalue weighted by atomic mass is 9.84. The molecule has 0 amide bonds. The molecule has 1 aliphatic carbocycles. The minimum absolute atomic E-state index is 0.184.